The van der Waals surface area contributed by atoms with Crippen LogP contribution in [0.4, 0.5) is 0 Å². The molecule has 19 heavy (non-hydrogen) atoms. The van der Waals surface area contributed by atoms with Crippen LogP contribution < -0.4 is 4.74 Å². The number of ketones is 1. The lowest BCUT2D eigenvalue weighted by Gasteiger charge is -2.10. The molecule has 0 aliphatic heterocycles. The van der Waals surface area contributed by atoms with E-state index in [2.05, 4.69) is 15.9 Å². The topological polar surface area (TPSA) is 26.3 Å². The summed E-state index contributed by atoms with van der Waals surface area (Å²) in [6, 6.07) is 14.8. The van der Waals surface area contributed by atoms with Crippen LogP contribution in [0.15, 0.2) is 53.0 Å². The smallest absolute Gasteiger partial charge is 0.197 e. The molecule has 0 saturated heterocycles. The van der Waals surface area contributed by atoms with Crippen molar-refractivity contribution in [2.45, 2.75) is 13.3 Å². The first-order chi connectivity index (χ1) is 9.24. The number of hydrogen-bond donors (Lipinski definition) is 0. The second-order valence-electron chi connectivity index (χ2n) is 4.15. The highest BCUT2D eigenvalue weighted by atomic mass is 79.9. The average molecular weight is 319 g/mol. The Morgan fingerprint density at radius 3 is 2.37 bits per heavy atom. The number of carbonyl (C=O) groups excluding carboxylic acids is 1. The van der Waals surface area contributed by atoms with Gasteiger partial charge in [-0.2, -0.15) is 0 Å². The van der Waals surface area contributed by atoms with E-state index in [-0.39, 0.29) is 5.78 Å². The molecular weight excluding hydrogens is 304 g/mol. The van der Waals surface area contributed by atoms with E-state index < -0.39 is 0 Å². The molecular formula is C16H15BrO2. The van der Waals surface area contributed by atoms with Crippen molar-refractivity contribution >= 4 is 21.7 Å². The van der Waals surface area contributed by atoms with Gasteiger partial charge in [-0.05, 0) is 30.7 Å². The van der Waals surface area contributed by atoms with Gasteiger partial charge in [0.25, 0.3) is 0 Å². The third-order valence-electron chi connectivity index (χ3n) is 2.71. The Kier molecular flexibility index (Phi) is 4.74. The molecule has 2 nitrogen and oxygen atoms in total. The number of benzene rings is 2. The van der Waals surface area contributed by atoms with Crippen LogP contribution in [0.2, 0.25) is 0 Å². The van der Waals surface area contributed by atoms with Crippen LogP contribution in [0, 0.1) is 0 Å². The van der Waals surface area contributed by atoms with Crippen molar-refractivity contribution in [3.05, 3.63) is 64.1 Å². The van der Waals surface area contributed by atoms with Crippen molar-refractivity contribution in [3.63, 3.8) is 0 Å². The molecule has 0 heterocycles. The Bertz CT molecular complexity index is 578. The quantitative estimate of drug-likeness (QED) is 0.760. The first-order valence-corrected chi connectivity index (χ1v) is 7.04. The fourth-order valence-corrected chi connectivity index (χ4v) is 2.25. The fraction of sp³-hybridized carbons (Fsp3) is 0.188. The van der Waals surface area contributed by atoms with Crippen molar-refractivity contribution in [2.24, 2.45) is 0 Å². The largest absolute Gasteiger partial charge is 0.493 e. The highest BCUT2D eigenvalue weighted by Crippen LogP contribution is 2.25. The molecule has 0 amide bonds. The molecule has 2 aromatic carbocycles. The highest BCUT2D eigenvalue weighted by molar-refractivity contribution is 9.10. The minimum absolute atomic E-state index is 0.0285. The van der Waals surface area contributed by atoms with Gasteiger partial charge in [0.1, 0.15) is 5.75 Å². The van der Waals surface area contributed by atoms with Gasteiger partial charge >= 0.3 is 0 Å². The molecule has 98 valence electrons. The zero-order chi connectivity index (χ0) is 13.7. The summed E-state index contributed by atoms with van der Waals surface area (Å²) in [7, 11) is 0. The van der Waals surface area contributed by atoms with Crippen LogP contribution in [-0.4, -0.2) is 12.4 Å². The van der Waals surface area contributed by atoms with E-state index in [0.717, 1.165) is 10.9 Å². The molecule has 0 aliphatic carbocycles. The maximum absolute atomic E-state index is 12.5. The van der Waals surface area contributed by atoms with Gasteiger partial charge in [-0.25, -0.2) is 0 Å². The first kappa shape index (κ1) is 13.8. The van der Waals surface area contributed by atoms with Crippen LogP contribution in [0.1, 0.15) is 29.3 Å². The summed E-state index contributed by atoms with van der Waals surface area (Å²) >= 11 is 3.41. The number of rotatable bonds is 5. The zero-order valence-corrected chi connectivity index (χ0v) is 12.3. The molecule has 0 radical (unpaired) electrons. The summed E-state index contributed by atoms with van der Waals surface area (Å²) in [4.78, 5) is 12.5. The SMILES string of the molecule is CCCOc1ccccc1C(=O)c1ccccc1Br. The predicted molar refractivity (Wildman–Crippen MR) is 79.8 cm³/mol. The molecule has 0 atom stereocenters. The fourth-order valence-electron chi connectivity index (χ4n) is 1.78. The highest BCUT2D eigenvalue weighted by Gasteiger charge is 2.16. The van der Waals surface area contributed by atoms with Crippen LogP contribution in [-0.2, 0) is 0 Å². The summed E-state index contributed by atoms with van der Waals surface area (Å²) in [5.74, 6) is 0.615. The van der Waals surface area contributed by atoms with E-state index in [4.69, 9.17) is 4.74 Å². The van der Waals surface area contributed by atoms with Gasteiger partial charge in [0.05, 0.1) is 12.2 Å². The van der Waals surface area contributed by atoms with E-state index in [1.54, 1.807) is 6.07 Å². The molecule has 0 saturated carbocycles. The van der Waals surface area contributed by atoms with Gasteiger partial charge in [0, 0.05) is 10.0 Å². The minimum Gasteiger partial charge on any atom is -0.493 e. The third kappa shape index (κ3) is 3.24. The monoisotopic (exact) mass is 318 g/mol. The van der Waals surface area contributed by atoms with E-state index in [9.17, 15) is 4.79 Å². The lowest BCUT2D eigenvalue weighted by Crippen LogP contribution is -2.06. The molecule has 3 heteroatoms. The molecule has 0 aliphatic rings. The maximum atomic E-state index is 12.5. The number of para-hydroxylation sites is 1. The van der Waals surface area contributed by atoms with E-state index in [0.29, 0.717) is 23.5 Å². The molecule has 0 spiro atoms. The maximum Gasteiger partial charge on any atom is 0.197 e. The molecule has 0 fully saturated rings. The number of carbonyl (C=O) groups is 1. The van der Waals surface area contributed by atoms with Crippen LogP contribution in [0.25, 0.3) is 0 Å². The molecule has 0 unspecified atom stereocenters. The second-order valence-corrected chi connectivity index (χ2v) is 5.01. The first-order valence-electron chi connectivity index (χ1n) is 6.25. The Labute approximate surface area is 121 Å². The molecule has 0 N–H and O–H groups in total. The lowest BCUT2D eigenvalue weighted by atomic mass is 10.0. The normalized spacial score (nSPS) is 10.2. The molecule has 2 aromatic rings. The Balaban J connectivity index is 2.36. The van der Waals surface area contributed by atoms with E-state index in [1.165, 1.54) is 0 Å². The minimum atomic E-state index is -0.0285. The van der Waals surface area contributed by atoms with E-state index in [1.807, 2.05) is 49.4 Å². The standard InChI is InChI=1S/C16H15BrO2/c1-2-11-19-15-10-6-4-8-13(15)16(18)12-7-3-5-9-14(12)17/h3-10H,2,11H2,1H3. The van der Waals surface area contributed by atoms with Gasteiger partial charge in [-0.3, -0.25) is 4.79 Å². The molecule has 2 rings (SSSR count). The summed E-state index contributed by atoms with van der Waals surface area (Å²) in [5.41, 5.74) is 1.25. The van der Waals surface area contributed by atoms with Crippen molar-refractivity contribution in [2.75, 3.05) is 6.61 Å². The summed E-state index contributed by atoms with van der Waals surface area (Å²) in [6.45, 7) is 2.65. The van der Waals surface area contributed by atoms with Crippen molar-refractivity contribution < 1.29 is 9.53 Å². The van der Waals surface area contributed by atoms with E-state index >= 15 is 0 Å². The summed E-state index contributed by atoms with van der Waals surface area (Å²) < 4.78 is 6.43. The average Bonchev–Trinajstić information content (AvgIpc) is 2.45. The van der Waals surface area contributed by atoms with Crippen LogP contribution >= 0.6 is 15.9 Å². The van der Waals surface area contributed by atoms with Gasteiger partial charge < -0.3 is 4.74 Å². The number of ether oxygens (including phenoxy) is 1. The Morgan fingerprint density at radius 2 is 1.68 bits per heavy atom. The lowest BCUT2D eigenvalue weighted by molar-refractivity contribution is 0.103. The van der Waals surface area contributed by atoms with Crippen LogP contribution in [0.5, 0.6) is 5.75 Å². The number of hydrogen-bond acceptors (Lipinski definition) is 2. The van der Waals surface area contributed by atoms with Gasteiger partial charge in [0.2, 0.25) is 0 Å². The van der Waals surface area contributed by atoms with Gasteiger partial charge in [0.15, 0.2) is 5.78 Å². The summed E-state index contributed by atoms with van der Waals surface area (Å²) in [6.07, 6.45) is 0.914. The van der Waals surface area contributed by atoms with Crippen molar-refractivity contribution in [3.8, 4) is 5.75 Å². The summed E-state index contributed by atoms with van der Waals surface area (Å²) in [5, 5.41) is 0. The third-order valence-corrected chi connectivity index (χ3v) is 3.40. The molecule has 0 aromatic heterocycles. The number of halogens is 1. The van der Waals surface area contributed by atoms with Crippen molar-refractivity contribution in [1.29, 1.82) is 0 Å². The van der Waals surface area contributed by atoms with Gasteiger partial charge in [-0.1, -0.05) is 47.1 Å². The Morgan fingerprint density at radius 1 is 1.05 bits per heavy atom. The van der Waals surface area contributed by atoms with Crippen LogP contribution in [0.3, 0.4) is 0 Å². The molecule has 0 bridgehead atoms. The zero-order valence-electron chi connectivity index (χ0n) is 10.7. The van der Waals surface area contributed by atoms with Crippen molar-refractivity contribution in [1.82, 2.24) is 0 Å². The second kappa shape index (κ2) is 6.53. The predicted octanol–water partition coefficient (Wildman–Crippen LogP) is 4.47. The van der Waals surface area contributed by atoms with Gasteiger partial charge in [-0.15, -0.1) is 0 Å². The Hall–Kier alpha value is -1.61.